The molecule has 2 aromatic rings. The highest BCUT2D eigenvalue weighted by molar-refractivity contribution is 5.63. The minimum Gasteiger partial charge on any atom is -0.472 e. The molecule has 1 unspecified atom stereocenters. The number of benzene rings is 1. The number of anilines is 1. The molecule has 1 aromatic carbocycles. The molecular weight excluding hydrogens is 289 g/mol. The number of hydrogen-bond donors (Lipinski definition) is 1. The Kier molecular flexibility index (Phi) is 3.88. The zero-order chi connectivity index (χ0) is 15.6. The summed E-state index contributed by atoms with van der Waals surface area (Å²) in [6, 6.07) is 3.69. The van der Waals surface area contributed by atoms with Crippen LogP contribution < -0.4 is 5.32 Å². The first-order chi connectivity index (χ1) is 9.79. The van der Waals surface area contributed by atoms with Gasteiger partial charge in [-0.1, -0.05) is 0 Å². The fraction of sp³-hybridized carbons (Fsp3) is 0.231. The van der Waals surface area contributed by atoms with Crippen molar-refractivity contribution in [3.8, 4) is 0 Å². The summed E-state index contributed by atoms with van der Waals surface area (Å²) in [5.74, 6) is 0. The molecule has 0 aliphatic carbocycles. The monoisotopic (exact) mass is 300 g/mol. The molecule has 0 aliphatic rings. The highest BCUT2D eigenvalue weighted by Crippen LogP contribution is 2.36. The van der Waals surface area contributed by atoms with Gasteiger partial charge in [-0.15, -0.1) is 0 Å². The van der Waals surface area contributed by atoms with Crippen LogP contribution in [0.2, 0.25) is 0 Å². The SMILES string of the molecule is CC(Nc1ccc(C(F)(F)F)cc1[N+](=O)[O-])c1ccoc1. The van der Waals surface area contributed by atoms with E-state index >= 15 is 0 Å². The normalized spacial score (nSPS) is 13.0. The number of nitrogens with one attached hydrogen (secondary N) is 1. The summed E-state index contributed by atoms with van der Waals surface area (Å²) in [6.07, 6.45) is -1.73. The number of furan rings is 1. The van der Waals surface area contributed by atoms with E-state index < -0.39 is 22.4 Å². The lowest BCUT2D eigenvalue weighted by molar-refractivity contribution is -0.384. The number of hydrogen-bond acceptors (Lipinski definition) is 4. The van der Waals surface area contributed by atoms with Crippen LogP contribution in [0.4, 0.5) is 24.5 Å². The van der Waals surface area contributed by atoms with Gasteiger partial charge in [0.25, 0.3) is 5.69 Å². The topological polar surface area (TPSA) is 68.3 Å². The summed E-state index contributed by atoms with van der Waals surface area (Å²) in [6.45, 7) is 1.71. The van der Waals surface area contributed by atoms with E-state index in [1.54, 1.807) is 13.0 Å². The lowest BCUT2D eigenvalue weighted by atomic mass is 10.1. The van der Waals surface area contributed by atoms with Crippen LogP contribution in [-0.4, -0.2) is 4.92 Å². The molecule has 0 saturated heterocycles. The first-order valence-corrected chi connectivity index (χ1v) is 5.93. The van der Waals surface area contributed by atoms with Crippen LogP contribution in [0.1, 0.15) is 24.1 Å². The average Bonchev–Trinajstić information content (AvgIpc) is 2.91. The quantitative estimate of drug-likeness (QED) is 0.672. The molecule has 0 aliphatic heterocycles. The second-order valence-corrected chi connectivity index (χ2v) is 4.41. The van der Waals surface area contributed by atoms with Crippen molar-refractivity contribution in [3.63, 3.8) is 0 Å². The molecule has 1 aromatic heterocycles. The van der Waals surface area contributed by atoms with Gasteiger partial charge in [0.15, 0.2) is 0 Å². The first-order valence-electron chi connectivity index (χ1n) is 5.93. The molecule has 0 radical (unpaired) electrons. The van der Waals surface area contributed by atoms with Crippen molar-refractivity contribution in [2.45, 2.75) is 19.1 Å². The second kappa shape index (κ2) is 5.47. The Morgan fingerprint density at radius 1 is 1.33 bits per heavy atom. The fourth-order valence-electron chi connectivity index (χ4n) is 1.82. The van der Waals surface area contributed by atoms with E-state index in [-0.39, 0.29) is 11.7 Å². The van der Waals surface area contributed by atoms with Crippen LogP contribution in [0.25, 0.3) is 0 Å². The lowest BCUT2D eigenvalue weighted by Crippen LogP contribution is -2.10. The zero-order valence-electron chi connectivity index (χ0n) is 10.8. The van der Waals surface area contributed by atoms with E-state index in [4.69, 9.17) is 4.42 Å². The van der Waals surface area contributed by atoms with Crippen molar-refractivity contribution in [3.05, 3.63) is 58.0 Å². The largest absolute Gasteiger partial charge is 0.472 e. The van der Waals surface area contributed by atoms with Gasteiger partial charge < -0.3 is 9.73 Å². The van der Waals surface area contributed by atoms with Crippen LogP contribution in [0.5, 0.6) is 0 Å². The van der Waals surface area contributed by atoms with Crippen molar-refractivity contribution in [1.29, 1.82) is 0 Å². The molecule has 8 heteroatoms. The van der Waals surface area contributed by atoms with Crippen molar-refractivity contribution >= 4 is 11.4 Å². The van der Waals surface area contributed by atoms with E-state index in [2.05, 4.69) is 5.32 Å². The summed E-state index contributed by atoms with van der Waals surface area (Å²) in [4.78, 5) is 10.1. The molecule has 2 rings (SSSR count). The predicted molar refractivity (Wildman–Crippen MR) is 68.8 cm³/mol. The second-order valence-electron chi connectivity index (χ2n) is 4.41. The number of nitro groups is 1. The van der Waals surface area contributed by atoms with Crippen LogP contribution >= 0.6 is 0 Å². The summed E-state index contributed by atoms with van der Waals surface area (Å²) in [5, 5.41) is 13.8. The molecule has 1 atom stereocenters. The third kappa shape index (κ3) is 3.33. The molecule has 1 heterocycles. The van der Waals surface area contributed by atoms with E-state index in [0.717, 1.165) is 17.7 Å². The highest BCUT2D eigenvalue weighted by atomic mass is 19.4. The fourth-order valence-corrected chi connectivity index (χ4v) is 1.82. The standard InChI is InChI=1S/C13H11F3N2O3/c1-8(9-4-5-21-7-9)17-11-3-2-10(13(14,15)16)6-12(11)18(19)20/h2-8,17H,1H3. The van der Waals surface area contributed by atoms with Gasteiger partial charge in [0.2, 0.25) is 0 Å². The average molecular weight is 300 g/mol. The molecule has 0 fully saturated rings. The maximum atomic E-state index is 12.6. The molecule has 0 spiro atoms. The van der Waals surface area contributed by atoms with E-state index in [1.807, 2.05) is 0 Å². The Morgan fingerprint density at radius 2 is 2.05 bits per heavy atom. The van der Waals surface area contributed by atoms with Crippen LogP contribution in [0.15, 0.2) is 41.2 Å². The maximum Gasteiger partial charge on any atom is 0.416 e. The van der Waals surface area contributed by atoms with Crippen molar-refractivity contribution in [1.82, 2.24) is 0 Å². The Hall–Kier alpha value is -2.51. The lowest BCUT2D eigenvalue weighted by Gasteiger charge is -2.15. The minimum atomic E-state index is -4.63. The van der Waals surface area contributed by atoms with Gasteiger partial charge in [-0.3, -0.25) is 10.1 Å². The highest BCUT2D eigenvalue weighted by Gasteiger charge is 2.33. The van der Waals surface area contributed by atoms with E-state index in [9.17, 15) is 23.3 Å². The van der Waals surface area contributed by atoms with Crippen molar-refractivity contribution < 1.29 is 22.5 Å². The van der Waals surface area contributed by atoms with Crippen LogP contribution in [0, 0.1) is 10.1 Å². The van der Waals surface area contributed by atoms with Gasteiger partial charge in [0.1, 0.15) is 5.69 Å². The Morgan fingerprint density at radius 3 is 2.57 bits per heavy atom. The molecule has 0 amide bonds. The van der Waals surface area contributed by atoms with Gasteiger partial charge in [-0.25, -0.2) is 0 Å². The Labute approximate surface area is 117 Å². The zero-order valence-corrected chi connectivity index (χ0v) is 10.8. The van der Waals surface area contributed by atoms with E-state index in [1.165, 1.54) is 12.5 Å². The van der Waals surface area contributed by atoms with Gasteiger partial charge in [0.05, 0.1) is 29.1 Å². The Balaban J connectivity index is 2.33. The summed E-state index contributed by atoms with van der Waals surface area (Å²) in [5.41, 5.74) is -0.943. The van der Waals surface area contributed by atoms with E-state index in [0.29, 0.717) is 6.07 Å². The molecular formula is C13H11F3N2O3. The number of nitrogens with zero attached hydrogens (tertiary/aromatic N) is 1. The minimum absolute atomic E-state index is 0.0155. The first kappa shape index (κ1) is 14.9. The molecule has 0 bridgehead atoms. The smallest absolute Gasteiger partial charge is 0.416 e. The summed E-state index contributed by atoms with van der Waals surface area (Å²) in [7, 11) is 0. The van der Waals surface area contributed by atoms with Gasteiger partial charge in [-0.05, 0) is 25.1 Å². The number of halogens is 3. The summed E-state index contributed by atoms with van der Waals surface area (Å²) < 4.78 is 42.7. The third-order valence-electron chi connectivity index (χ3n) is 2.94. The predicted octanol–water partition coefficient (Wildman–Crippen LogP) is 4.38. The Bertz CT molecular complexity index is 639. The van der Waals surface area contributed by atoms with Crippen molar-refractivity contribution in [2.24, 2.45) is 0 Å². The van der Waals surface area contributed by atoms with Gasteiger partial charge in [-0.2, -0.15) is 13.2 Å². The van der Waals surface area contributed by atoms with Gasteiger partial charge >= 0.3 is 6.18 Å². The maximum absolute atomic E-state index is 12.6. The number of nitro benzene ring substituents is 1. The number of alkyl halides is 3. The van der Waals surface area contributed by atoms with Crippen molar-refractivity contribution in [2.75, 3.05) is 5.32 Å². The molecule has 5 nitrogen and oxygen atoms in total. The number of rotatable bonds is 4. The molecule has 21 heavy (non-hydrogen) atoms. The van der Waals surface area contributed by atoms with Crippen LogP contribution in [-0.2, 0) is 6.18 Å². The molecule has 1 N–H and O–H groups in total. The van der Waals surface area contributed by atoms with Crippen LogP contribution in [0.3, 0.4) is 0 Å². The molecule has 112 valence electrons. The summed E-state index contributed by atoms with van der Waals surface area (Å²) >= 11 is 0. The van der Waals surface area contributed by atoms with Gasteiger partial charge in [0, 0.05) is 11.6 Å². The third-order valence-corrected chi connectivity index (χ3v) is 2.94. The molecule has 0 saturated carbocycles.